The molecular formula is C28H48N6O9P4. The molecule has 2 aliphatic rings. The van der Waals surface area contributed by atoms with Crippen LogP contribution in [0.1, 0.15) is 0 Å². The van der Waals surface area contributed by atoms with Crippen LogP contribution in [-0.4, -0.2) is 148 Å². The third-order valence-electron chi connectivity index (χ3n) is 8.26. The van der Waals surface area contributed by atoms with Gasteiger partial charge in [-0.1, -0.05) is 18.2 Å². The third kappa shape index (κ3) is 12.6. The molecule has 19 heteroatoms. The molecule has 2 saturated heterocycles. The first-order valence-electron chi connectivity index (χ1n) is 15.6. The summed E-state index contributed by atoms with van der Waals surface area (Å²) in [6.45, 7) is 5.81. The van der Waals surface area contributed by atoms with E-state index < -0.39 is 36.0 Å². The Bertz CT molecular complexity index is 1470. The fourth-order valence-electron chi connectivity index (χ4n) is 5.66. The lowest BCUT2D eigenvalue weighted by Gasteiger charge is -2.28. The van der Waals surface area contributed by atoms with Crippen LogP contribution in [-0.2, 0) is 18.3 Å². The fourth-order valence-corrected chi connectivity index (χ4v) is 11.3. The van der Waals surface area contributed by atoms with Gasteiger partial charge in [-0.15, -0.1) is 0 Å². The maximum Gasteiger partial charge on any atom is 0.339 e. The first kappa shape index (κ1) is 38.7. The van der Waals surface area contributed by atoms with Crippen LogP contribution in [0.5, 0.6) is 0 Å². The summed E-state index contributed by atoms with van der Waals surface area (Å²) < 4.78 is 52.1. The Hall–Kier alpha value is -1.08. The third-order valence-corrected chi connectivity index (χ3v) is 14.7. The molecule has 3 unspecified atom stereocenters. The maximum atomic E-state index is 13.7. The molecule has 264 valence electrons. The Labute approximate surface area is 276 Å². The molecule has 0 radical (unpaired) electrons. The molecule has 0 bridgehead atoms. The Kier molecular flexibility index (Phi) is 14.2. The van der Waals surface area contributed by atoms with Crippen LogP contribution in [0.2, 0.25) is 0 Å². The highest BCUT2D eigenvalue weighted by Crippen LogP contribution is 2.43. The van der Waals surface area contributed by atoms with E-state index in [4.69, 9.17) is 0 Å². The first-order chi connectivity index (χ1) is 22.1. The van der Waals surface area contributed by atoms with E-state index in [-0.39, 0.29) is 68.7 Å². The first-order valence-corrected chi connectivity index (χ1v) is 22.9. The average Bonchev–Trinajstić information content (AvgIpc) is 3.18. The SMILES string of the molecule is O=P(O)(O)CN1CCN(CP(=O)(O)c2ccccc2)CCN(CP(=O)(O)c2ccc(P(=O)(O)CN3CCNCCNCC3)cc2)CC1. The minimum atomic E-state index is -4.41. The van der Waals surface area contributed by atoms with Crippen LogP contribution in [0.25, 0.3) is 0 Å². The Balaban J connectivity index is 1.45. The summed E-state index contributed by atoms with van der Waals surface area (Å²) in [6.07, 6.45) is -0.997. The molecule has 7 N–H and O–H groups in total. The van der Waals surface area contributed by atoms with E-state index >= 15 is 0 Å². The lowest BCUT2D eigenvalue weighted by atomic mass is 10.4. The van der Waals surface area contributed by atoms with Crippen molar-refractivity contribution in [3.63, 3.8) is 0 Å². The van der Waals surface area contributed by atoms with Crippen molar-refractivity contribution in [2.75, 3.05) is 104 Å². The van der Waals surface area contributed by atoms with Gasteiger partial charge in [0.25, 0.3) is 0 Å². The topological polar surface area (TPSA) is 206 Å². The summed E-state index contributed by atoms with van der Waals surface area (Å²) in [5.74, 6) is 0. The zero-order chi connectivity index (χ0) is 34.1. The predicted octanol–water partition coefficient (Wildman–Crippen LogP) is -0.504. The fraction of sp³-hybridized carbons (Fsp3) is 0.571. The molecule has 0 amide bonds. The highest BCUT2D eigenvalue weighted by molar-refractivity contribution is 7.67. The molecule has 0 saturated carbocycles. The molecule has 0 aliphatic carbocycles. The molecule has 15 nitrogen and oxygen atoms in total. The van der Waals surface area contributed by atoms with Crippen molar-refractivity contribution in [1.29, 1.82) is 0 Å². The number of nitrogens with zero attached hydrogens (tertiary/aromatic N) is 4. The van der Waals surface area contributed by atoms with Crippen LogP contribution in [0.15, 0.2) is 54.6 Å². The minimum absolute atomic E-state index is 0.0348. The molecule has 2 heterocycles. The van der Waals surface area contributed by atoms with Crippen molar-refractivity contribution in [3.05, 3.63) is 54.6 Å². The lowest BCUT2D eigenvalue weighted by Crippen LogP contribution is -2.38. The maximum absolute atomic E-state index is 13.7. The van der Waals surface area contributed by atoms with Gasteiger partial charge in [-0.25, -0.2) is 0 Å². The molecule has 2 aliphatic heterocycles. The van der Waals surface area contributed by atoms with E-state index in [1.165, 1.54) is 24.3 Å². The smallest absolute Gasteiger partial charge is 0.339 e. The molecule has 0 aromatic heterocycles. The van der Waals surface area contributed by atoms with E-state index in [0.29, 0.717) is 31.5 Å². The quantitative estimate of drug-likeness (QED) is 0.145. The summed E-state index contributed by atoms with van der Waals surface area (Å²) in [5.41, 5.74) is 0. The molecule has 47 heavy (non-hydrogen) atoms. The second-order valence-electron chi connectivity index (χ2n) is 12.2. The highest BCUT2D eigenvalue weighted by atomic mass is 31.2. The summed E-state index contributed by atoms with van der Waals surface area (Å²) in [7, 11) is -16.0. The Morgan fingerprint density at radius 3 is 1.13 bits per heavy atom. The van der Waals surface area contributed by atoms with E-state index in [2.05, 4.69) is 10.6 Å². The van der Waals surface area contributed by atoms with Gasteiger partial charge >= 0.3 is 7.60 Å². The molecule has 2 fully saturated rings. The average molecular weight is 737 g/mol. The van der Waals surface area contributed by atoms with Gasteiger partial charge in [0.2, 0.25) is 22.1 Å². The summed E-state index contributed by atoms with van der Waals surface area (Å²) in [6, 6.07) is 13.9. The second-order valence-corrected chi connectivity index (χ2v) is 20.4. The number of hydrogen-bond donors (Lipinski definition) is 7. The molecular weight excluding hydrogens is 688 g/mol. The van der Waals surface area contributed by atoms with Crippen LogP contribution in [0.3, 0.4) is 0 Å². The second kappa shape index (κ2) is 17.2. The van der Waals surface area contributed by atoms with Crippen molar-refractivity contribution in [2.45, 2.75) is 0 Å². The summed E-state index contributed by atoms with van der Waals surface area (Å²) in [5, 5.41) is 7.17. The van der Waals surface area contributed by atoms with Crippen LogP contribution >= 0.6 is 29.7 Å². The van der Waals surface area contributed by atoms with E-state index in [9.17, 15) is 42.7 Å². The molecule has 2 aromatic rings. The highest BCUT2D eigenvalue weighted by Gasteiger charge is 2.31. The largest absolute Gasteiger partial charge is 0.340 e. The van der Waals surface area contributed by atoms with Gasteiger partial charge in [-0.3, -0.25) is 37.9 Å². The normalized spacial score (nSPS) is 23.1. The Morgan fingerprint density at radius 2 is 0.766 bits per heavy atom. The number of benzene rings is 2. The standard InChI is InChI=1S/C28H48N6O9P4/c35-44(36,26-4-2-1-3-5-26)23-32-16-17-33(19-21-34(20-18-32)25-47(41,42)43)24-46(39,40)28-8-6-27(7-9-28)45(37,38)22-31-14-12-29-10-11-30-13-15-31/h1-9,29-30H,10-25H2,(H,35,36)(H,37,38)(H,39,40)(H2,41,42,43). The number of hydrogen-bond acceptors (Lipinski definition) is 10. The van der Waals surface area contributed by atoms with Crippen molar-refractivity contribution in [2.24, 2.45) is 0 Å². The van der Waals surface area contributed by atoms with Gasteiger partial charge < -0.3 is 35.1 Å². The monoisotopic (exact) mass is 736 g/mol. The summed E-state index contributed by atoms with van der Waals surface area (Å²) in [4.78, 5) is 59.2. The van der Waals surface area contributed by atoms with Gasteiger partial charge in [0.15, 0.2) is 0 Å². The van der Waals surface area contributed by atoms with E-state index in [1.807, 2.05) is 4.90 Å². The molecule has 4 rings (SSSR count). The van der Waals surface area contributed by atoms with Crippen molar-refractivity contribution in [3.8, 4) is 0 Å². The van der Waals surface area contributed by atoms with E-state index in [0.717, 1.165) is 13.1 Å². The van der Waals surface area contributed by atoms with Crippen molar-refractivity contribution >= 4 is 45.6 Å². The summed E-state index contributed by atoms with van der Waals surface area (Å²) >= 11 is 0. The van der Waals surface area contributed by atoms with Crippen LogP contribution in [0, 0.1) is 0 Å². The van der Waals surface area contributed by atoms with Gasteiger partial charge in [-0.2, -0.15) is 0 Å². The van der Waals surface area contributed by atoms with Crippen LogP contribution < -0.4 is 26.5 Å². The van der Waals surface area contributed by atoms with Gasteiger partial charge in [0.05, 0.1) is 18.9 Å². The molecule has 0 spiro atoms. The van der Waals surface area contributed by atoms with Crippen molar-refractivity contribution in [1.82, 2.24) is 30.2 Å². The Morgan fingerprint density at radius 1 is 0.447 bits per heavy atom. The number of nitrogens with one attached hydrogen (secondary N) is 2. The van der Waals surface area contributed by atoms with Gasteiger partial charge in [0.1, 0.15) is 6.29 Å². The van der Waals surface area contributed by atoms with Crippen LogP contribution in [0.4, 0.5) is 0 Å². The van der Waals surface area contributed by atoms with Gasteiger partial charge in [0, 0.05) is 94.5 Å². The van der Waals surface area contributed by atoms with E-state index in [1.54, 1.807) is 45.0 Å². The van der Waals surface area contributed by atoms with Gasteiger partial charge in [-0.05, 0) is 36.4 Å². The predicted molar refractivity (Wildman–Crippen MR) is 185 cm³/mol. The number of rotatable bonds is 11. The van der Waals surface area contributed by atoms with Crippen molar-refractivity contribution < 1.29 is 42.7 Å². The minimum Gasteiger partial charge on any atom is -0.340 e. The lowest BCUT2D eigenvalue weighted by molar-refractivity contribution is 0.236. The zero-order valence-electron chi connectivity index (χ0n) is 26.5. The zero-order valence-corrected chi connectivity index (χ0v) is 30.0. The molecule has 3 atom stereocenters. The molecule has 2 aromatic carbocycles.